The Morgan fingerprint density at radius 1 is 1.20 bits per heavy atom. The Bertz CT molecular complexity index is 760. The molecule has 0 heterocycles. The number of hydrogen-bond acceptors (Lipinski definition) is 5. The third kappa shape index (κ3) is 8.23. The van der Waals surface area contributed by atoms with Crippen LogP contribution in [0.5, 0.6) is 0 Å². The fourth-order valence-electron chi connectivity index (χ4n) is 4.06. The summed E-state index contributed by atoms with van der Waals surface area (Å²) in [5, 5.41) is 9.76. The zero-order chi connectivity index (χ0) is 22.9. The van der Waals surface area contributed by atoms with Crippen molar-refractivity contribution in [1.29, 1.82) is 0 Å². The van der Waals surface area contributed by atoms with Crippen LogP contribution in [0, 0.1) is 17.3 Å². The van der Waals surface area contributed by atoms with Gasteiger partial charge in [0.05, 0.1) is 12.9 Å². The summed E-state index contributed by atoms with van der Waals surface area (Å²) >= 11 is 0. The number of hydrogen-bond donors (Lipinski definition) is 1. The van der Waals surface area contributed by atoms with Gasteiger partial charge in [0, 0.05) is 24.5 Å². The first-order chi connectivity index (χ1) is 14.0. The Morgan fingerprint density at radius 3 is 2.40 bits per heavy atom. The molecular weight excluding hydrogens is 380 g/mol. The third-order valence-electron chi connectivity index (χ3n) is 5.41. The molecule has 3 atom stereocenters. The fraction of sp³-hybridized carbons (Fsp3) is 0.560. The van der Waals surface area contributed by atoms with Gasteiger partial charge in [0.15, 0.2) is 5.78 Å². The molecule has 0 aromatic rings. The highest BCUT2D eigenvalue weighted by atomic mass is 16.5. The summed E-state index contributed by atoms with van der Waals surface area (Å²) in [6.45, 7) is 10.9. The zero-order valence-corrected chi connectivity index (χ0v) is 19.2. The van der Waals surface area contributed by atoms with Crippen LogP contribution in [0.2, 0.25) is 0 Å². The Balaban J connectivity index is 3.35. The molecule has 5 nitrogen and oxygen atoms in total. The van der Waals surface area contributed by atoms with E-state index < -0.39 is 11.4 Å². The van der Waals surface area contributed by atoms with Crippen molar-refractivity contribution in [2.24, 2.45) is 17.3 Å². The number of aliphatic hydroxyl groups excluding tert-OH is 1. The molecule has 0 amide bonds. The van der Waals surface area contributed by atoms with E-state index >= 15 is 0 Å². The van der Waals surface area contributed by atoms with E-state index in [1.54, 1.807) is 6.08 Å². The van der Waals surface area contributed by atoms with Gasteiger partial charge < -0.3 is 14.6 Å². The molecule has 0 unspecified atom stereocenters. The number of ether oxygens (including phenoxy) is 1. The molecule has 30 heavy (non-hydrogen) atoms. The molecule has 1 N–H and O–H groups in total. The molecule has 166 valence electrons. The largest absolute Gasteiger partial charge is 0.432 e. The molecule has 0 fully saturated rings. The molecule has 1 aliphatic carbocycles. The number of aliphatic hydroxyl groups is 1. The van der Waals surface area contributed by atoms with Crippen LogP contribution < -0.4 is 0 Å². The molecule has 0 aliphatic heterocycles. The topological polar surface area (TPSA) is 80.7 Å². The van der Waals surface area contributed by atoms with Gasteiger partial charge in [-0.15, -0.1) is 0 Å². The maximum Gasteiger partial charge on any atom is 0.335 e. The van der Waals surface area contributed by atoms with Crippen molar-refractivity contribution in [2.75, 3.05) is 6.61 Å². The highest BCUT2D eigenvalue weighted by molar-refractivity contribution is 5.96. The van der Waals surface area contributed by atoms with Crippen LogP contribution in [0.1, 0.15) is 67.2 Å². The van der Waals surface area contributed by atoms with Crippen LogP contribution in [0.25, 0.3) is 0 Å². The fourth-order valence-corrected chi connectivity index (χ4v) is 4.06. The lowest BCUT2D eigenvalue weighted by molar-refractivity contribution is -0.132. The van der Waals surface area contributed by atoms with E-state index in [-0.39, 0.29) is 42.9 Å². The zero-order valence-electron chi connectivity index (χ0n) is 19.2. The predicted molar refractivity (Wildman–Crippen MR) is 119 cm³/mol. The van der Waals surface area contributed by atoms with Crippen LogP contribution in [0.4, 0.5) is 0 Å². The first-order valence-corrected chi connectivity index (χ1v) is 10.5. The van der Waals surface area contributed by atoms with Gasteiger partial charge in [-0.25, -0.2) is 4.79 Å². The molecule has 1 aliphatic rings. The lowest BCUT2D eigenvalue weighted by Gasteiger charge is -2.37. The standard InChI is InChI=1S/C25H36O5/c1-17(2)8-7-10-25(6)15-21(16-26)23(28)14-20(13-19(5)27)22(25)9-11-30-24(29)12-18(3)4/h8-9,11-12,15,20,22,26H,7,10,13-14,16H2,1-6H3/b11-9-/t20-,22-,25-/m0/s1. The lowest BCUT2D eigenvalue weighted by Crippen LogP contribution is -2.31. The quantitative estimate of drug-likeness (QED) is 0.251. The summed E-state index contributed by atoms with van der Waals surface area (Å²) in [6, 6.07) is 0. The number of esters is 1. The number of Topliss-reactive ketones (excluding diaryl/α,β-unsaturated/α-hetero) is 2. The Labute approximate surface area is 180 Å². The number of carbonyl (C=O) groups excluding carboxylic acids is 3. The van der Waals surface area contributed by atoms with Crippen molar-refractivity contribution in [2.45, 2.75) is 67.2 Å². The molecule has 0 saturated heterocycles. The first-order valence-electron chi connectivity index (χ1n) is 10.5. The van der Waals surface area contributed by atoms with Crippen LogP contribution in [-0.4, -0.2) is 29.2 Å². The van der Waals surface area contributed by atoms with Gasteiger partial charge >= 0.3 is 5.97 Å². The van der Waals surface area contributed by atoms with Gasteiger partial charge in [-0.2, -0.15) is 0 Å². The minimum absolute atomic E-state index is 0.00633. The smallest absolute Gasteiger partial charge is 0.335 e. The van der Waals surface area contributed by atoms with Crippen molar-refractivity contribution in [3.05, 3.63) is 47.3 Å². The minimum atomic E-state index is -0.476. The monoisotopic (exact) mass is 416 g/mol. The van der Waals surface area contributed by atoms with Crippen molar-refractivity contribution < 1.29 is 24.2 Å². The summed E-state index contributed by atoms with van der Waals surface area (Å²) in [4.78, 5) is 36.5. The molecule has 0 spiro atoms. The van der Waals surface area contributed by atoms with Gasteiger partial charge in [0.1, 0.15) is 5.78 Å². The van der Waals surface area contributed by atoms with Crippen molar-refractivity contribution in [3.8, 4) is 0 Å². The van der Waals surface area contributed by atoms with Crippen LogP contribution in [0.3, 0.4) is 0 Å². The third-order valence-corrected chi connectivity index (χ3v) is 5.41. The second kappa shape index (κ2) is 11.8. The number of allylic oxidation sites excluding steroid dienone is 5. The predicted octanol–water partition coefficient (Wildman–Crippen LogP) is 4.87. The molecule has 0 radical (unpaired) electrons. The van der Waals surface area contributed by atoms with E-state index in [0.717, 1.165) is 18.4 Å². The normalized spacial score (nSPS) is 24.1. The molecule has 0 saturated carbocycles. The van der Waals surface area contributed by atoms with E-state index in [1.807, 2.05) is 40.7 Å². The lowest BCUT2D eigenvalue weighted by atomic mass is 9.67. The number of rotatable bonds is 9. The molecule has 0 aromatic heterocycles. The van der Waals surface area contributed by atoms with E-state index in [2.05, 4.69) is 6.08 Å². The second-order valence-electron chi connectivity index (χ2n) is 8.96. The number of carbonyl (C=O) groups is 3. The summed E-state index contributed by atoms with van der Waals surface area (Å²) in [7, 11) is 0. The summed E-state index contributed by atoms with van der Waals surface area (Å²) in [5.74, 6) is -1.01. The molecule has 0 bridgehead atoms. The van der Waals surface area contributed by atoms with Crippen molar-refractivity contribution in [1.82, 2.24) is 0 Å². The summed E-state index contributed by atoms with van der Waals surface area (Å²) in [5.41, 5.74) is 1.96. The summed E-state index contributed by atoms with van der Waals surface area (Å²) < 4.78 is 5.22. The Hall–Kier alpha value is -2.27. The maximum atomic E-state index is 12.7. The van der Waals surface area contributed by atoms with Gasteiger partial charge in [-0.1, -0.05) is 30.2 Å². The van der Waals surface area contributed by atoms with Crippen LogP contribution in [0.15, 0.2) is 47.3 Å². The molecule has 1 rings (SSSR count). The number of ketones is 2. The highest BCUT2D eigenvalue weighted by Crippen LogP contribution is 2.45. The van der Waals surface area contributed by atoms with Gasteiger partial charge in [-0.3, -0.25) is 4.79 Å². The van der Waals surface area contributed by atoms with Crippen molar-refractivity contribution in [3.63, 3.8) is 0 Å². The maximum absolute atomic E-state index is 12.7. The average molecular weight is 417 g/mol. The van der Waals surface area contributed by atoms with Crippen LogP contribution in [-0.2, 0) is 19.1 Å². The summed E-state index contributed by atoms with van der Waals surface area (Å²) in [6.07, 6.45) is 10.6. The van der Waals surface area contributed by atoms with Gasteiger partial charge in [0.25, 0.3) is 0 Å². The SMILES string of the molecule is CC(=O)C[C@H]1CC(=O)C(CO)=C[C@](C)(CCC=C(C)C)[C@H]1/C=C\OC(=O)C=C(C)C. The van der Waals surface area contributed by atoms with E-state index in [9.17, 15) is 19.5 Å². The van der Waals surface area contributed by atoms with Gasteiger partial charge in [-0.05, 0) is 70.8 Å². The van der Waals surface area contributed by atoms with E-state index in [1.165, 1.54) is 24.8 Å². The Kier molecular flexibility index (Phi) is 10.1. The van der Waals surface area contributed by atoms with Crippen molar-refractivity contribution >= 4 is 17.5 Å². The first kappa shape index (κ1) is 25.8. The average Bonchev–Trinajstić information content (AvgIpc) is 2.69. The Morgan fingerprint density at radius 2 is 1.87 bits per heavy atom. The highest BCUT2D eigenvalue weighted by Gasteiger charge is 2.40. The van der Waals surface area contributed by atoms with Gasteiger partial charge in [0.2, 0.25) is 0 Å². The second-order valence-corrected chi connectivity index (χ2v) is 8.96. The molecular formula is C25H36O5. The molecule has 5 heteroatoms. The minimum Gasteiger partial charge on any atom is -0.432 e. The molecule has 0 aromatic carbocycles. The van der Waals surface area contributed by atoms with E-state index in [0.29, 0.717) is 5.57 Å². The van der Waals surface area contributed by atoms with Crippen LogP contribution >= 0.6 is 0 Å². The van der Waals surface area contributed by atoms with E-state index in [4.69, 9.17) is 4.74 Å².